The first kappa shape index (κ1) is 38.0. The molecule has 0 aliphatic rings. The Morgan fingerprint density at radius 2 is 0.750 bits per heavy atom. The second-order valence-electron chi connectivity index (χ2n) is 15.3. The van der Waals surface area contributed by atoms with Gasteiger partial charge in [0.2, 0.25) is 23.0 Å². The summed E-state index contributed by atoms with van der Waals surface area (Å²) >= 11 is 0. The van der Waals surface area contributed by atoms with Gasteiger partial charge in [0.15, 0.2) is 23.0 Å². The standard InChI is InChI=1S/C45H35B5N2O8/c46-31-32(47)34(49)36(35(50)33(31)48)52-24-15-5-4-14-23(24)51-45(52)22-13-7-12-21(17-22)26-29-27(37(53)41(57)43(59)39(29)55)25(28-30(26)40(56)44(60)42(58)38(28)54)20-11-6-10-19(16-20)18-8-2-1-3-9-18/h1-17,53-60H,46-50H2. The van der Waals surface area contributed by atoms with Crippen LogP contribution in [0.1, 0.15) is 0 Å². The summed E-state index contributed by atoms with van der Waals surface area (Å²) in [7, 11) is 10.5. The zero-order valence-corrected chi connectivity index (χ0v) is 33.3. The molecule has 0 amide bonds. The maximum atomic E-state index is 11.9. The highest BCUT2D eigenvalue weighted by Gasteiger charge is 2.33. The largest absolute Gasteiger partial charge is 0.504 e. The first-order valence-corrected chi connectivity index (χ1v) is 19.3. The molecule has 0 unspecified atom stereocenters. The van der Waals surface area contributed by atoms with Crippen molar-refractivity contribution < 1.29 is 40.9 Å². The first-order valence-electron chi connectivity index (χ1n) is 19.3. The van der Waals surface area contributed by atoms with Crippen LogP contribution in [0, 0.1) is 0 Å². The van der Waals surface area contributed by atoms with Crippen molar-refractivity contribution in [1.29, 1.82) is 0 Å². The fourth-order valence-corrected chi connectivity index (χ4v) is 8.76. The monoisotopic (exact) mass is 786 g/mol. The first-order chi connectivity index (χ1) is 28.7. The van der Waals surface area contributed by atoms with Gasteiger partial charge in [0.05, 0.1) is 11.0 Å². The Kier molecular flexibility index (Phi) is 8.75. The molecule has 60 heavy (non-hydrogen) atoms. The Morgan fingerprint density at radius 1 is 0.367 bits per heavy atom. The molecule has 1 aromatic heterocycles. The number of phenolic OH excluding ortho intramolecular Hbond substituents is 8. The lowest BCUT2D eigenvalue weighted by Crippen LogP contribution is -2.56. The zero-order valence-electron chi connectivity index (χ0n) is 33.3. The van der Waals surface area contributed by atoms with Gasteiger partial charge in [-0.1, -0.05) is 101 Å². The summed E-state index contributed by atoms with van der Waals surface area (Å²) in [6.07, 6.45) is 0. The molecule has 0 saturated carbocycles. The van der Waals surface area contributed by atoms with Gasteiger partial charge in [-0.3, -0.25) is 4.57 Å². The predicted octanol–water partition coefficient (Wildman–Crippen LogP) is 0.937. The Morgan fingerprint density at radius 3 is 1.25 bits per heavy atom. The molecule has 0 fully saturated rings. The lowest BCUT2D eigenvalue weighted by Gasteiger charge is -2.23. The Labute approximate surface area is 348 Å². The number of fused-ring (bicyclic) bond motifs is 3. The van der Waals surface area contributed by atoms with Crippen LogP contribution in [0.3, 0.4) is 0 Å². The molecule has 0 atom stereocenters. The summed E-state index contributed by atoms with van der Waals surface area (Å²) in [5.74, 6) is -6.96. The van der Waals surface area contributed by atoms with Crippen LogP contribution < -0.4 is 27.3 Å². The van der Waals surface area contributed by atoms with Crippen molar-refractivity contribution in [3.63, 3.8) is 0 Å². The van der Waals surface area contributed by atoms with E-state index < -0.39 is 46.0 Å². The SMILES string of the molecule is Bc1c(B)c(B)c(-n2c(-c3cccc(-c4c5c(O)c(O)c(O)c(O)c5c(-c5cccc(-c6ccccc6)c5)c5c(O)c(O)c(O)c(O)c45)c3)nc3ccccc32)c(B)c1B. The maximum Gasteiger partial charge on any atom is 0.204 e. The highest BCUT2D eigenvalue weighted by molar-refractivity contribution is 6.68. The summed E-state index contributed by atoms with van der Waals surface area (Å²) in [4.78, 5) is 5.12. The van der Waals surface area contributed by atoms with Gasteiger partial charge in [-0.15, -0.1) is 5.46 Å². The Balaban J connectivity index is 1.43. The van der Waals surface area contributed by atoms with Crippen LogP contribution in [-0.2, 0) is 0 Å². The van der Waals surface area contributed by atoms with Crippen molar-refractivity contribution in [3.8, 4) is 96.5 Å². The number of aromatic nitrogens is 2. The number of nitrogens with zero attached hydrogens (tertiary/aromatic N) is 2. The van der Waals surface area contributed by atoms with Gasteiger partial charge in [-0.2, -0.15) is 0 Å². The molecular formula is C45H35B5N2O8. The van der Waals surface area contributed by atoms with E-state index in [0.717, 1.165) is 49.7 Å². The Bertz CT molecular complexity index is 3210. The normalized spacial score (nSPS) is 11.5. The average Bonchev–Trinajstić information content (AvgIpc) is 3.66. The summed E-state index contributed by atoms with van der Waals surface area (Å²) in [6, 6.07) is 31.2. The molecule has 0 radical (unpaired) electrons. The van der Waals surface area contributed by atoms with E-state index in [1.54, 1.807) is 36.4 Å². The maximum absolute atomic E-state index is 11.9. The molecule has 9 aromatic rings. The third kappa shape index (κ3) is 5.38. The van der Waals surface area contributed by atoms with Crippen LogP contribution >= 0.6 is 0 Å². The van der Waals surface area contributed by atoms with E-state index >= 15 is 0 Å². The molecule has 8 aromatic carbocycles. The highest BCUT2D eigenvalue weighted by Crippen LogP contribution is 2.62. The van der Waals surface area contributed by atoms with Crippen LogP contribution in [-0.4, -0.2) is 89.6 Å². The summed E-state index contributed by atoms with van der Waals surface area (Å²) in [6.45, 7) is 0. The predicted molar refractivity (Wildman–Crippen MR) is 252 cm³/mol. The lowest BCUT2D eigenvalue weighted by atomic mass is 9.61. The summed E-state index contributed by atoms with van der Waals surface area (Å²) in [5.41, 5.74) is 10.9. The fourth-order valence-electron chi connectivity index (χ4n) is 8.76. The molecule has 1 heterocycles. The number of hydrogen-bond acceptors (Lipinski definition) is 9. The van der Waals surface area contributed by atoms with Gasteiger partial charge in [0.1, 0.15) is 45.1 Å². The van der Waals surface area contributed by atoms with Crippen molar-refractivity contribution >= 4 is 99.1 Å². The molecule has 10 nitrogen and oxygen atoms in total. The topological polar surface area (TPSA) is 180 Å². The average molecular weight is 786 g/mol. The van der Waals surface area contributed by atoms with Gasteiger partial charge in [-0.05, 0) is 46.5 Å². The van der Waals surface area contributed by atoms with Crippen LogP contribution in [0.15, 0.2) is 103 Å². The van der Waals surface area contributed by atoms with Crippen molar-refractivity contribution in [2.45, 2.75) is 0 Å². The van der Waals surface area contributed by atoms with Crippen molar-refractivity contribution in [2.75, 3.05) is 0 Å². The summed E-state index contributed by atoms with van der Waals surface area (Å²) in [5, 5.41) is 90.9. The lowest BCUT2D eigenvalue weighted by molar-refractivity contribution is 0.350. The van der Waals surface area contributed by atoms with E-state index in [-0.39, 0.29) is 38.2 Å². The quantitative estimate of drug-likeness (QED) is 0.0546. The van der Waals surface area contributed by atoms with Crippen LogP contribution in [0.25, 0.3) is 83.0 Å². The van der Waals surface area contributed by atoms with Crippen molar-refractivity contribution in [1.82, 2.24) is 9.55 Å². The van der Waals surface area contributed by atoms with Crippen LogP contribution in [0.5, 0.6) is 46.0 Å². The molecule has 0 spiro atoms. The minimum absolute atomic E-state index is 0.0262. The van der Waals surface area contributed by atoms with Gasteiger partial charge >= 0.3 is 0 Å². The van der Waals surface area contributed by atoms with Gasteiger partial charge in [0, 0.05) is 43.9 Å². The van der Waals surface area contributed by atoms with E-state index in [9.17, 15) is 40.9 Å². The van der Waals surface area contributed by atoms with E-state index in [2.05, 4.69) is 43.8 Å². The molecular weight excluding hydrogens is 751 g/mol. The molecule has 0 aliphatic carbocycles. The highest BCUT2D eigenvalue weighted by atomic mass is 16.4. The van der Waals surface area contributed by atoms with E-state index in [4.69, 9.17) is 4.98 Å². The smallest absolute Gasteiger partial charge is 0.204 e. The van der Waals surface area contributed by atoms with E-state index in [1.807, 2.05) is 66.7 Å². The molecule has 8 N–H and O–H groups in total. The molecule has 0 aliphatic heterocycles. The number of benzene rings is 8. The summed E-state index contributed by atoms with van der Waals surface area (Å²) < 4.78 is 2.11. The van der Waals surface area contributed by atoms with Crippen molar-refractivity contribution in [2.24, 2.45) is 0 Å². The van der Waals surface area contributed by atoms with Crippen molar-refractivity contribution in [3.05, 3.63) is 103 Å². The zero-order chi connectivity index (χ0) is 42.5. The molecule has 0 saturated heterocycles. The third-order valence-corrected chi connectivity index (χ3v) is 12.2. The van der Waals surface area contributed by atoms with E-state index in [1.165, 1.54) is 5.46 Å². The Hall–Kier alpha value is -7.53. The minimum Gasteiger partial charge on any atom is -0.504 e. The second-order valence-corrected chi connectivity index (χ2v) is 15.3. The number of hydrogen-bond donors (Lipinski definition) is 8. The molecule has 288 valence electrons. The van der Waals surface area contributed by atoms with Gasteiger partial charge in [0.25, 0.3) is 0 Å². The van der Waals surface area contributed by atoms with Gasteiger partial charge in [-0.25, -0.2) is 4.98 Å². The molecule has 15 heteroatoms. The fraction of sp³-hybridized carbons (Fsp3) is 0. The number of imidazole rings is 1. The minimum atomic E-state index is -1.04. The third-order valence-electron chi connectivity index (χ3n) is 12.2. The number of phenols is 8. The van der Waals surface area contributed by atoms with Crippen LogP contribution in [0.2, 0.25) is 0 Å². The molecule has 9 rings (SSSR count). The van der Waals surface area contributed by atoms with Crippen LogP contribution in [0.4, 0.5) is 0 Å². The van der Waals surface area contributed by atoms with Gasteiger partial charge < -0.3 is 40.9 Å². The van der Waals surface area contributed by atoms with E-state index in [0.29, 0.717) is 17.0 Å². The second kappa shape index (κ2) is 13.8. The number of rotatable bonds is 5. The molecule has 0 bridgehead atoms. The number of aromatic hydroxyl groups is 8. The number of para-hydroxylation sites is 2.